The minimum Gasteiger partial charge on any atom is -0.328 e. The first-order valence-corrected chi connectivity index (χ1v) is 10.0. The van der Waals surface area contributed by atoms with Crippen LogP contribution in [0.4, 0.5) is 0 Å². The predicted molar refractivity (Wildman–Crippen MR) is 117 cm³/mol. The van der Waals surface area contributed by atoms with Crippen LogP contribution in [0.15, 0.2) is 55.1 Å². The number of aryl methyl sites for hydroxylation is 1. The van der Waals surface area contributed by atoms with Crippen molar-refractivity contribution in [3.63, 3.8) is 0 Å². The number of amides is 1. The Morgan fingerprint density at radius 2 is 1.97 bits per heavy atom. The lowest BCUT2D eigenvalue weighted by Crippen LogP contribution is -2.31. The lowest BCUT2D eigenvalue weighted by atomic mass is 10.1. The normalized spacial score (nSPS) is 10.5. The Bertz CT molecular complexity index is 1110. The van der Waals surface area contributed by atoms with Crippen LogP contribution < -0.4 is 0 Å². The molecule has 30 heavy (non-hydrogen) atoms. The van der Waals surface area contributed by atoms with Crippen molar-refractivity contribution in [1.29, 1.82) is 5.26 Å². The van der Waals surface area contributed by atoms with E-state index in [1.165, 1.54) is 4.68 Å². The zero-order valence-electron chi connectivity index (χ0n) is 16.3. The number of aromatic nitrogens is 3. The summed E-state index contributed by atoms with van der Waals surface area (Å²) in [6.45, 7) is 6.24. The Hall–Kier alpha value is -3.14. The molecule has 0 fully saturated rings. The maximum absolute atomic E-state index is 13.2. The average molecular weight is 440 g/mol. The Labute approximate surface area is 185 Å². The molecule has 1 heterocycles. The Balaban J connectivity index is 1.97. The minimum atomic E-state index is -0.353. The zero-order chi connectivity index (χ0) is 21.7. The molecule has 0 saturated carbocycles. The van der Waals surface area contributed by atoms with E-state index < -0.39 is 0 Å². The number of carbonyl (C=O) groups is 1. The van der Waals surface area contributed by atoms with Gasteiger partial charge in [0.2, 0.25) is 5.82 Å². The molecule has 0 N–H and O–H groups in total. The quantitative estimate of drug-likeness (QED) is 0.493. The summed E-state index contributed by atoms with van der Waals surface area (Å²) >= 11 is 12.6. The monoisotopic (exact) mass is 439 g/mol. The third-order valence-corrected chi connectivity index (χ3v) is 5.01. The van der Waals surface area contributed by atoms with Crippen LogP contribution in [0.1, 0.15) is 34.5 Å². The molecule has 1 amide bonds. The molecule has 1 aromatic heterocycles. The van der Waals surface area contributed by atoms with E-state index in [1.807, 2.05) is 13.0 Å². The van der Waals surface area contributed by atoms with Gasteiger partial charge in [-0.05, 0) is 29.8 Å². The molecule has 152 valence electrons. The smallest absolute Gasteiger partial charge is 0.294 e. The first kappa shape index (κ1) is 21.6. The number of para-hydroxylation sites is 1. The number of hydrogen-bond acceptors (Lipinski definition) is 4. The molecule has 3 rings (SSSR count). The molecule has 0 aliphatic heterocycles. The van der Waals surface area contributed by atoms with E-state index in [1.54, 1.807) is 47.4 Å². The van der Waals surface area contributed by atoms with Crippen molar-refractivity contribution in [3.05, 3.63) is 87.9 Å². The van der Waals surface area contributed by atoms with Crippen LogP contribution in [0.2, 0.25) is 10.0 Å². The second-order valence-corrected chi connectivity index (χ2v) is 7.29. The fraction of sp³-hybridized carbons (Fsp3) is 0.182. The van der Waals surface area contributed by atoms with Crippen molar-refractivity contribution in [2.75, 3.05) is 6.54 Å². The summed E-state index contributed by atoms with van der Waals surface area (Å²) in [5.74, 6) is 0.258. The standard InChI is InChI=1S/C22H19Cl2N5O/c1-3-11-28(14-16-8-5-7-15(12-16)13-25)22(30)21-26-19(4-2)29(27-21)20-17(23)9-6-10-18(20)24/h3,5-10,12H,1,4,11,14H2,2H3. The van der Waals surface area contributed by atoms with Gasteiger partial charge in [-0.1, -0.05) is 54.4 Å². The molecule has 2 aromatic carbocycles. The SMILES string of the molecule is C=CCN(Cc1cccc(C#N)c1)C(=O)c1nc(CC)n(-c2c(Cl)cccc2Cl)n1. The van der Waals surface area contributed by atoms with Crippen molar-refractivity contribution in [1.82, 2.24) is 19.7 Å². The van der Waals surface area contributed by atoms with Gasteiger partial charge < -0.3 is 4.90 Å². The highest BCUT2D eigenvalue weighted by atomic mass is 35.5. The highest BCUT2D eigenvalue weighted by Gasteiger charge is 2.23. The van der Waals surface area contributed by atoms with Crippen LogP contribution >= 0.6 is 23.2 Å². The molecule has 0 unspecified atom stereocenters. The number of nitrogens with zero attached hydrogens (tertiary/aromatic N) is 5. The van der Waals surface area contributed by atoms with Gasteiger partial charge in [0.05, 0.1) is 21.7 Å². The predicted octanol–water partition coefficient (Wildman–Crippen LogP) is 4.84. The summed E-state index contributed by atoms with van der Waals surface area (Å²) < 4.78 is 1.51. The summed E-state index contributed by atoms with van der Waals surface area (Å²) in [5, 5.41) is 14.3. The Morgan fingerprint density at radius 1 is 1.27 bits per heavy atom. The van der Waals surface area contributed by atoms with Gasteiger partial charge in [0.25, 0.3) is 5.91 Å². The minimum absolute atomic E-state index is 0.0427. The van der Waals surface area contributed by atoms with Crippen LogP contribution in [0.3, 0.4) is 0 Å². The molecule has 8 heteroatoms. The third-order valence-electron chi connectivity index (χ3n) is 4.40. The Morgan fingerprint density at radius 3 is 2.60 bits per heavy atom. The fourth-order valence-electron chi connectivity index (χ4n) is 3.01. The second-order valence-electron chi connectivity index (χ2n) is 6.47. The molecule has 0 aliphatic rings. The molecule has 0 spiro atoms. The number of benzene rings is 2. The molecule has 0 atom stereocenters. The molecule has 6 nitrogen and oxygen atoms in total. The fourth-order valence-corrected chi connectivity index (χ4v) is 3.57. The van der Waals surface area contributed by atoms with Crippen molar-refractivity contribution >= 4 is 29.1 Å². The molecular formula is C22H19Cl2N5O. The van der Waals surface area contributed by atoms with Crippen molar-refractivity contribution in [3.8, 4) is 11.8 Å². The van der Waals surface area contributed by atoms with Crippen LogP contribution in [0, 0.1) is 11.3 Å². The van der Waals surface area contributed by atoms with Gasteiger partial charge in [-0.25, -0.2) is 9.67 Å². The topological polar surface area (TPSA) is 74.8 Å². The van der Waals surface area contributed by atoms with Gasteiger partial charge in [-0.2, -0.15) is 5.26 Å². The summed E-state index contributed by atoms with van der Waals surface area (Å²) in [6.07, 6.45) is 2.17. The van der Waals surface area contributed by atoms with Gasteiger partial charge in [0, 0.05) is 19.5 Å². The molecular weight excluding hydrogens is 421 g/mol. The van der Waals surface area contributed by atoms with Crippen LogP contribution in [0.25, 0.3) is 5.69 Å². The molecule has 0 radical (unpaired) electrons. The van der Waals surface area contributed by atoms with E-state index in [0.29, 0.717) is 46.6 Å². The number of halogens is 2. The Kier molecular flexibility index (Phi) is 6.88. The van der Waals surface area contributed by atoms with E-state index >= 15 is 0 Å². The van der Waals surface area contributed by atoms with Crippen molar-refractivity contribution < 1.29 is 4.79 Å². The maximum Gasteiger partial charge on any atom is 0.294 e. The summed E-state index contributed by atoms with van der Waals surface area (Å²) in [5.41, 5.74) is 1.84. The number of carbonyl (C=O) groups excluding carboxylic acids is 1. The van der Waals surface area contributed by atoms with E-state index in [-0.39, 0.29) is 11.7 Å². The molecule has 3 aromatic rings. The average Bonchev–Trinajstić information content (AvgIpc) is 3.17. The van der Waals surface area contributed by atoms with E-state index in [4.69, 9.17) is 28.5 Å². The number of hydrogen-bond donors (Lipinski definition) is 0. The molecule has 0 bridgehead atoms. The van der Waals surface area contributed by atoms with Gasteiger partial charge in [0.15, 0.2) is 0 Å². The highest BCUT2D eigenvalue weighted by Crippen LogP contribution is 2.29. The first-order valence-electron chi connectivity index (χ1n) is 9.28. The third kappa shape index (κ3) is 4.54. The zero-order valence-corrected chi connectivity index (χ0v) is 17.9. The van der Waals surface area contributed by atoms with Gasteiger partial charge >= 0.3 is 0 Å². The summed E-state index contributed by atoms with van der Waals surface area (Å²) in [4.78, 5) is 19.2. The van der Waals surface area contributed by atoms with Gasteiger partial charge in [0.1, 0.15) is 11.5 Å². The lowest BCUT2D eigenvalue weighted by Gasteiger charge is -2.19. The van der Waals surface area contributed by atoms with Crippen molar-refractivity contribution in [2.45, 2.75) is 19.9 Å². The molecule has 0 aliphatic carbocycles. The van der Waals surface area contributed by atoms with E-state index in [9.17, 15) is 4.79 Å². The van der Waals surface area contributed by atoms with Crippen LogP contribution in [-0.4, -0.2) is 32.1 Å². The molecule has 0 saturated heterocycles. The largest absolute Gasteiger partial charge is 0.328 e. The number of nitriles is 1. The van der Waals surface area contributed by atoms with Crippen LogP contribution in [0.5, 0.6) is 0 Å². The van der Waals surface area contributed by atoms with E-state index in [0.717, 1.165) is 5.56 Å². The van der Waals surface area contributed by atoms with Crippen molar-refractivity contribution in [2.24, 2.45) is 0 Å². The van der Waals surface area contributed by atoms with Gasteiger partial charge in [-0.3, -0.25) is 4.79 Å². The number of rotatable bonds is 7. The summed E-state index contributed by atoms with van der Waals surface area (Å²) in [7, 11) is 0. The van der Waals surface area contributed by atoms with E-state index in [2.05, 4.69) is 22.7 Å². The second kappa shape index (κ2) is 9.57. The lowest BCUT2D eigenvalue weighted by molar-refractivity contribution is 0.0750. The van der Waals surface area contributed by atoms with Gasteiger partial charge in [-0.15, -0.1) is 11.7 Å². The maximum atomic E-state index is 13.2. The van der Waals surface area contributed by atoms with Crippen LogP contribution in [-0.2, 0) is 13.0 Å². The summed E-state index contributed by atoms with van der Waals surface area (Å²) in [6, 6.07) is 14.4. The highest BCUT2D eigenvalue weighted by molar-refractivity contribution is 6.37. The first-order chi connectivity index (χ1) is 14.5.